The number of aromatic nitrogens is 4. The second-order valence-corrected chi connectivity index (χ2v) is 5.12. The van der Waals surface area contributed by atoms with E-state index in [1.807, 2.05) is 48.5 Å². The van der Waals surface area contributed by atoms with Crippen LogP contribution in [0.5, 0.6) is 0 Å². The maximum Gasteiger partial charge on any atom is 0.248 e. The Balaban J connectivity index is 1.51. The normalized spacial score (nSPS) is 10.4. The van der Waals surface area contributed by atoms with Crippen molar-refractivity contribution in [1.82, 2.24) is 19.7 Å². The van der Waals surface area contributed by atoms with Crippen LogP contribution in [0.15, 0.2) is 61.1 Å². The fourth-order valence-electron chi connectivity index (χ4n) is 2.18. The Labute approximate surface area is 134 Å². The third-order valence-corrected chi connectivity index (χ3v) is 3.32. The summed E-state index contributed by atoms with van der Waals surface area (Å²) < 4.78 is 1.65. The van der Waals surface area contributed by atoms with Crippen molar-refractivity contribution >= 4 is 11.9 Å². The Hall–Kier alpha value is -3.02. The molecule has 0 aliphatic heterocycles. The van der Waals surface area contributed by atoms with Crippen LogP contribution >= 0.6 is 0 Å². The highest BCUT2D eigenvalue weighted by Gasteiger charge is 2.07. The molecule has 1 amide bonds. The number of rotatable bonds is 6. The molecule has 0 spiro atoms. The molecule has 1 aromatic carbocycles. The average Bonchev–Trinajstić information content (AvgIpc) is 3.02. The van der Waals surface area contributed by atoms with Gasteiger partial charge in [0.15, 0.2) is 0 Å². The molecule has 2 heterocycles. The molecule has 0 unspecified atom stereocenters. The minimum absolute atomic E-state index is 0.0931. The van der Waals surface area contributed by atoms with Crippen molar-refractivity contribution in [3.8, 4) is 0 Å². The third-order valence-electron chi connectivity index (χ3n) is 3.32. The Morgan fingerprint density at radius 2 is 1.87 bits per heavy atom. The molecule has 2 aromatic heterocycles. The van der Waals surface area contributed by atoms with Gasteiger partial charge in [0.05, 0.1) is 12.2 Å². The molecule has 0 saturated heterocycles. The number of anilines is 1. The van der Waals surface area contributed by atoms with Crippen LogP contribution in [0.1, 0.15) is 17.7 Å². The van der Waals surface area contributed by atoms with Crippen molar-refractivity contribution < 1.29 is 4.79 Å². The Kier molecular flexibility index (Phi) is 4.73. The smallest absolute Gasteiger partial charge is 0.248 e. The van der Waals surface area contributed by atoms with Gasteiger partial charge in [0.1, 0.15) is 6.33 Å². The largest absolute Gasteiger partial charge is 0.293 e. The number of carbonyl (C=O) groups is 1. The topological polar surface area (TPSA) is 72.7 Å². The van der Waals surface area contributed by atoms with Crippen molar-refractivity contribution in [1.29, 1.82) is 0 Å². The van der Waals surface area contributed by atoms with Crippen molar-refractivity contribution in [2.75, 3.05) is 5.32 Å². The minimum atomic E-state index is -0.0931. The lowest BCUT2D eigenvalue weighted by Crippen LogP contribution is -2.14. The van der Waals surface area contributed by atoms with E-state index in [4.69, 9.17) is 0 Å². The van der Waals surface area contributed by atoms with Crippen LogP contribution in [0.4, 0.5) is 5.95 Å². The third kappa shape index (κ3) is 4.47. The Morgan fingerprint density at radius 1 is 1.04 bits per heavy atom. The van der Waals surface area contributed by atoms with Crippen LogP contribution < -0.4 is 5.32 Å². The number of benzene rings is 1. The molecule has 3 aromatic rings. The number of hydrogen-bond acceptors (Lipinski definition) is 4. The lowest BCUT2D eigenvalue weighted by molar-refractivity contribution is -0.116. The molecule has 0 saturated carbocycles. The zero-order chi connectivity index (χ0) is 15.9. The van der Waals surface area contributed by atoms with Gasteiger partial charge in [-0.3, -0.25) is 15.1 Å². The summed E-state index contributed by atoms with van der Waals surface area (Å²) in [6.45, 7) is 0.522. The van der Waals surface area contributed by atoms with Crippen molar-refractivity contribution in [3.63, 3.8) is 0 Å². The molecule has 0 aliphatic rings. The van der Waals surface area contributed by atoms with Crippen LogP contribution in [0.3, 0.4) is 0 Å². The number of nitrogens with one attached hydrogen (secondary N) is 1. The molecule has 0 fully saturated rings. The molecule has 0 radical (unpaired) electrons. The van der Waals surface area contributed by atoms with E-state index in [-0.39, 0.29) is 5.91 Å². The summed E-state index contributed by atoms with van der Waals surface area (Å²) in [5, 5.41) is 6.95. The summed E-state index contributed by atoms with van der Waals surface area (Å²) in [4.78, 5) is 20.3. The molecule has 6 heteroatoms. The predicted octanol–water partition coefficient (Wildman–Crippen LogP) is 2.29. The first-order valence-electron chi connectivity index (χ1n) is 7.43. The second kappa shape index (κ2) is 7.31. The van der Waals surface area contributed by atoms with Gasteiger partial charge in [-0.1, -0.05) is 36.4 Å². The predicted molar refractivity (Wildman–Crippen MR) is 86.8 cm³/mol. The van der Waals surface area contributed by atoms with Crippen molar-refractivity contribution in [2.45, 2.75) is 19.4 Å². The van der Waals surface area contributed by atoms with Gasteiger partial charge >= 0.3 is 0 Å². The van der Waals surface area contributed by atoms with Crippen molar-refractivity contribution in [3.05, 3.63) is 72.3 Å². The van der Waals surface area contributed by atoms with E-state index >= 15 is 0 Å². The SMILES string of the molecule is O=C(CCc1ccccc1)Nc1ncn(Cc2ccccn2)n1. The number of pyridine rings is 1. The van der Waals surface area contributed by atoms with Gasteiger partial charge in [-0.2, -0.15) is 0 Å². The first kappa shape index (κ1) is 14.9. The Morgan fingerprint density at radius 3 is 2.65 bits per heavy atom. The molecule has 0 bridgehead atoms. The van der Waals surface area contributed by atoms with Crippen LogP contribution in [0, 0.1) is 0 Å². The van der Waals surface area contributed by atoms with Crippen LogP contribution in [-0.4, -0.2) is 25.7 Å². The van der Waals surface area contributed by atoms with Crippen LogP contribution in [0.2, 0.25) is 0 Å². The summed E-state index contributed by atoms with van der Waals surface area (Å²) in [5.74, 6) is 0.225. The molecule has 116 valence electrons. The Bertz CT molecular complexity index is 755. The van der Waals surface area contributed by atoms with E-state index in [2.05, 4.69) is 20.4 Å². The van der Waals surface area contributed by atoms with Gasteiger partial charge in [0, 0.05) is 12.6 Å². The molecule has 3 rings (SSSR count). The lowest BCUT2D eigenvalue weighted by Gasteiger charge is -2.02. The van der Waals surface area contributed by atoms with E-state index < -0.39 is 0 Å². The van der Waals surface area contributed by atoms with E-state index in [1.165, 1.54) is 0 Å². The number of aryl methyl sites for hydroxylation is 1. The molecule has 6 nitrogen and oxygen atoms in total. The summed E-state index contributed by atoms with van der Waals surface area (Å²) in [7, 11) is 0. The summed E-state index contributed by atoms with van der Waals surface area (Å²) >= 11 is 0. The quantitative estimate of drug-likeness (QED) is 0.758. The van der Waals surface area contributed by atoms with E-state index in [0.717, 1.165) is 11.3 Å². The van der Waals surface area contributed by atoms with Gasteiger partial charge in [0.25, 0.3) is 0 Å². The van der Waals surface area contributed by atoms with Crippen LogP contribution in [-0.2, 0) is 17.8 Å². The molecule has 0 aliphatic carbocycles. The highest BCUT2D eigenvalue weighted by molar-refractivity contribution is 5.88. The van der Waals surface area contributed by atoms with Gasteiger partial charge in [-0.05, 0) is 24.1 Å². The number of nitrogens with zero attached hydrogens (tertiary/aromatic N) is 4. The minimum Gasteiger partial charge on any atom is -0.293 e. The second-order valence-electron chi connectivity index (χ2n) is 5.12. The highest BCUT2D eigenvalue weighted by atomic mass is 16.1. The maximum atomic E-state index is 11.9. The standard InChI is InChI=1S/C17H17N5O/c23-16(10-9-14-6-2-1-3-7-14)20-17-19-13-22(21-17)12-15-8-4-5-11-18-15/h1-8,11,13H,9-10,12H2,(H,20,21,23). The van der Waals surface area contributed by atoms with E-state index in [9.17, 15) is 4.79 Å². The van der Waals surface area contributed by atoms with E-state index in [1.54, 1.807) is 17.2 Å². The average molecular weight is 307 g/mol. The lowest BCUT2D eigenvalue weighted by atomic mass is 10.1. The van der Waals surface area contributed by atoms with Crippen molar-refractivity contribution in [2.24, 2.45) is 0 Å². The molecular weight excluding hydrogens is 290 g/mol. The number of amides is 1. The van der Waals surface area contributed by atoms with E-state index in [0.29, 0.717) is 25.3 Å². The molecule has 1 N–H and O–H groups in total. The first-order chi connectivity index (χ1) is 11.3. The maximum absolute atomic E-state index is 11.9. The zero-order valence-electron chi connectivity index (χ0n) is 12.6. The summed E-state index contributed by atoms with van der Waals surface area (Å²) in [6, 6.07) is 15.6. The summed E-state index contributed by atoms with van der Waals surface area (Å²) in [6.07, 6.45) is 4.42. The molecule has 23 heavy (non-hydrogen) atoms. The molecular formula is C17H17N5O. The van der Waals surface area contributed by atoms with Gasteiger partial charge in [0.2, 0.25) is 11.9 Å². The number of carbonyl (C=O) groups excluding carboxylic acids is 1. The molecule has 0 atom stereocenters. The summed E-state index contributed by atoms with van der Waals surface area (Å²) in [5.41, 5.74) is 2.02. The zero-order valence-corrected chi connectivity index (χ0v) is 12.6. The fourth-order valence-corrected chi connectivity index (χ4v) is 2.18. The first-order valence-corrected chi connectivity index (χ1v) is 7.43. The fraction of sp³-hybridized carbons (Fsp3) is 0.176. The van der Waals surface area contributed by atoms with Crippen LogP contribution in [0.25, 0.3) is 0 Å². The van der Waals surface area contributed by atoms with Gasteiger partial charge < -0.3 is 0 Å². The monoisotopic (exact) mass is 307 g/mol. The van der Waals surface area contributed by atoms with Gasteiger partial charge in [-0.15, -0.1) is 5.10 Å². The number of hydrogen-bond donors (Lipinski definition) is 1. The highest BCUT2D eigenvalue weighted by Crippen LogP contribution is 2.05. The van der Waals surface area contributed by atoms with Gasteiger partial charge in [-0.25, -0.2) is 9.67 Å².